The molecule has 0 N–H and O–H groups in total. The third-order valence-electron chi connectivity index (χ3n) is 2.09. The summed E-state index contributed by atoms with van der Waals surface area (Å²) >= 11 is 3.32. The number of hydrogen-bond acceptors (Lipinski definition) is 2. The quantitative estimate of drug-likeness (QED) is 0.747. The summed E-state index contributed by atoms with van der Waals surface area (Å²) in [5.41, 5.74) is 0. The monoisotopic (exact) mass is 231 g/mol. The zero-order valence-electron chi connectivity index (χ0n) is 7.67. The van der Waals surface area contributed by atoms with Crippen molar-refractivity contribution >= 4 is 15.9 Å². The first-order chi connectivity index (χ1) is 5.65. The van der Waals surface area contributed by atoms with Gasteiger partial charge >= 0.3 is 0 Å². The van der Waals surface area contributed by atoms with Gasteiger partial charge in [0.1, 0.15) is 5.76 Å². The normalized spacial score (nSPS) is 13.8. The zero-order chi connectivity index (χ0) is 9.14. The Morgan fingerprint density at radius 2 is 2.17 bits per heavy atom. The second kappa shape index (κ2) is 4.08. The Balaban J connectivity index is 2.74. The van der Waals surface area contributed by atoms with E-state index in [1.807, 2.05) is 0 Å². The molecule has 0 amide bonds. The van der Waals surface area contributed by atoms with E-state index >= 15 is 0 Å². The summed E-state index contributed by atoms with van der Waals surface area (Å²) in [6.07, 6.45) is 1.78. The molecule has 0 aliphatic carbocycles. The molecule has 1 heterocycles. The molecular weight excluding hydrogens is 218 g/mol. The highest BCUT2D eigenvalue weighted by atomic mass is 79.9. The molecule has 1 atom stereocenters. The minimum absolute atomic E-state index is 0.401. The summed E-state index contributed by atoms with van der Waals surface area (Å²) in [6.45, 7) is 6.47. The Kier molecular flexibility index (Phi) is 3.32. The third-order valence-corrected chi connectivity index (χ3v) is 2.65. The van der Waals surface area contributed by atoms with Crippen LogP contribution in [0, 0.1) is 5.92 Å². The molecule has 1 rings (SSSR count). The molecule has 0 radical (unpaired) electrons. The lowest BCUT2D eigenvalue weighted by atomic mass is 9.98. The SMILES string of the molecule is CC(C)C(C)c1ncc(CBr)o1. The van der Waals surface area contributed by atoms with Crippen LogP contribution in [-0.4, -0.2) is 4.98 Å². The lowest BCUT2D eigenvalue weighted by Gasteiger charge is -2.10. The summed E-state index contributed by atoms with van der Waals surface area (Å²) in [7, 11) is 0. The van der Waals surface area contributed by atoms with E-state index in [0.717, 1.165) is 17.0 Å². The molecule has 1 aromatic heterocycles. The van der Waals surface area contributed by atoms with Crippen LogP contribution >= 0.6 is 15.9 Å². The molecule has 1 aromatic rings. The van der Waals surface area contributed by atoms with Crippen LogP contribution in [0.4, 0.5) is 0 Å². The molecule has 0 aliphatic heterocycles. The average molecular weight is 232 g/mol. The van der Waals surface area contributed by atoms with Gasteiger partial charge in [0.05, 0.1) is 11.5 Å². The molecule has 0 saturated heterocycles. The van der Waals surface area contributed by atoms with Crippen LogP contribution in [0.1, 0.15) is 38.3 Å². The largest absolute Gasteiger partial charge is 0.445 e. The lowest BCUT2D eigenvalue weighted by molar-refractivity contribution is 0.388. The molecule has 0 aliphatic rings. The van der Waals surface area contributed by atoms with Gasteiger partial charge in [-0.15, -0.1) is 0 Å². The molecule has 0 aromatic carbocycles. The van der Waals surface area contributed by atoms with Crippen molar-refractivity contribution in [3.63, 3.8) is 0 Å². The molecule has 68 valence electrons. The van der Waals surface area contributed by atoms with Crippen LogP contribution in [0.25, 0.3) is 0 Å². The first kappa shape index (κ1) is 9.78. The second-order valence-corrected chi connectivity index (χ2v) is 3.89. The fourth-order valence-electron chi connectivity index (χ4n) is 0.880. The number of aromatic nitrogens is 1. The van der Waals surface area contributed by atoms with E-state index in [2.05, 4.69) is 41.7 Å². The highest BCUT2D eigenvalue weighted by Gasteiger charge is 2.15. The van der Waals surface area contributed by atoms with Crippen LogP contribution < -0.4 is 0 Å². The molecule has 12 heavy (non-hydrogen) atoms. The Labute approximate surface area is 81.5 Å². The van der Waals surface area contributed by atoms with E-state index in [-0.39, 0.29) is 0 Å². The maximum atomic E-state index is 5.50. The summed E-state index contributed by atoms with van der Waals surface area (Å²) in [5, 5.41) is 0.741. The summed E-state index contributed by atoms with van der Waals surface area (Å²) in [5.74, 6) is 2.72. The average Bonchev–Trinajstić information content (AvgIpc) is 2.50. The molecule has 1 unspecified atom stereocenters. The van der Waals surface area contributed by atoms with Gasteiger partial charge in [0.15, 0.2) is 5.89 Å². The van der Waals surface area contributed by atoms with Crippen molar-refractivity contribution in [2.75, 3.05) is 0 Å². The maximum Gasteiger partial charge on any atom is 0.197 e. The Hall–Kier alpha value is -0.310. The first-order valence-corrected chi connectivity index (χ1v) is 5.28. The number of halogens is 1. The third kappa shape index (κ3) is 2.09. The number of hydrogen-bond donors (Lipinski definition) is 0. The van der Waals surface area contributed by atoms with Crippen molar-refractivity contribution in [1.82, 2.24) is 4.98 Å². The van der Waals surface area contributed by atoms with Gasteiger partial charge in [-0.3, -0.25) is 0 Å². The Bertz CT molecular complexity index is 244. The standard InChI is InChI=1S/C9H14BrNO/c1-6(2)7(3)9-11-5-8(4-10)12-9/h5-7H,4H2,1-3H3. The molecule has 0 bridgehead atoms. The van der Waals surface area contributed by atoms with Crippen molar-refractivity contribution in [1.29, 1.82) is 0 Å². The van der Waals surface area contributed by atoms with E-state index < -0.39 is 0 Å². The summed E-state index contributed by atoms with van der Waals surface area (Å²) in [4.78, 5) is 4.21. The maximum absolute atomic E-state index is 5.50. The van der Waals surface area contributed by atoms with Gasteiger partial charge in [-0.25, -0.2) is 4.98 Å². The number of rotatable bonds is 3. The highest BCUT2D eigenvalue weighted by Crippen LogP contribution is 2.23. The molecule has 0 saturated carbocycles. The van der Waals surface area contributed by atoms with Crippen molar-refractivity contribution in [3.8, 4) is 0 Å². The van der Waals surface area contributed by atoms with Crippen molar-refractivity contribution in [2.24, 2.45) is 5.92 Å². The van der Waals surface area contributed by atoms with E-state index in [9.17, 15) is 0 Å². The van der Waals surface area contributed by atoms with Gasteiger partial charge in [0.25, 0.3) is 0 Å². The molecular formula is C9H14BrNO. The van der Waals surface area contributed by atoms with Gasteiger partial charge in [0.2, 0.25) is 0 Å². The van der Waals surface area contributed by atoms with Gasteiger partial charge in [-0.2, -0.15) is 0 Å². The van der Waals surface area contributed by atoms with Gasteiger partial charge in [-0.1, -0.05) is 36.7 Å². The molecule has 0 spiro atoms. The smallest absolute Gasteiger partial charge is 0.197 e. The van der Waals surface area contributed by atoms with Gasteiger partial charge in [0, 0.05) is 5.92 Å². The van der Waals surface area contributed by atoms with Crippen LogP contribution in [0.15, 0.2) is 10.6 Å². The predicted molar refractivity (Wildman–Crippen MR) is 52.4 cm³/mol. The van der Waals surface area contributed by atoms with Crippen LogP contribution in [0.5, 0.6) is 0 Å². The van der Waals surface area contributed by atoms with Crippen molar-refractivity contribution in [3.05, 3.63) is 17.8 Å². The number of oxazole rings is 1. The van der Waals surface area contributed by atoms with E-state index in [4.69, 9.17) is 4.42 Å². The minimum atomic E-state index is 0.401. The van der Waals surface area contributed by atoms with Crippen LogP contribution in [0.2, 0.25) is 0 Å². The van der Waals surface area contributed by atoms with Crippen LogP contribution in [-0.2, 0) is 5.33 Å². The lowest BCUT2D eigenvalue weighted by Crippen LogP contribution is -2.01. The van der Waals surface area contributed by atoms with Crippen molar-refractivity contribution < 1.29 is 4.42 Å². The van der Waals surface area contributed by atoms with Gasteiger partial charge in [-0.05, 0) is 5.92 Å². The first-order valence-electron chi connectivity index (χ1n) is 4.15. The van der Waals surface area contributed by atoms with E-state index in [1.165, 1.54) is 0 Å². The molecule has 3 heteroatoms. The van der Waals surface area contributed by atoms with Crippen molar-refractivity contribution in [2.45, 2.75) is 32.0 Å². The zero-order valence-corrected chi connectivity index (χ0v) is 9.26. The number of nitrogens with zero attached hydrogens (tertiary/aromatic N) is 1. The van der Waals surface area contributed by atoms with E-state index in [1.54, 1.807) is 6.20 Å². The Morgan fingerprint density at radius 1 is 1.50 bits per heavy atom. The van der Waals surface area contributed by atoms with Crippen LogP contribution in [0.3, 0.4) is 0 Å². The van der Waals surface area contributed by atoms with Gasteiger partial charge < -0.3 is 4.42 Å². The molecule has 0 fully saturated rings. The fourth-order valence-corrected chi connectivity index (χ4v) is 1.14. The number of alkyl halides is 1. The molecule has 2 nitrogen and oxygen atoms in total. The predicted octanol–water partition coefficient (Wildman–Crippen LogP) is 3.33. The highest BCUT2D eigenvalue weighted by molar-refractivity contribution is 9.08. The minimum Gasteiger partial charge on any atom is -0.445 e. The van der Waals surface area contributed by atoms with E-state index in [0.29, 0.717) is 11.8 Å². The topological polar surface area (TPSA) is 26.0 Å². The summed E-state index contributed by atoms with van der Waals surface area (Å²) in [6, 6.07) is 0. The Morgan fingerprint density at radius 3 is 2.58 bits per heavy atom. The summed E-state index contributed by atoms with van der Waals surface area (Å²) < 4.78 is 5.50. The second-order valence-electron chi connectivity index (χ2n) is 3.33. The fraction of sp³-hybridized carbons (Fsp3) is 0.667.